The van der Waals surface area contributed by atoms with Gasteiger partial charge >= 0.3 is 0 Å². The second-order valence-corrected chi connectivity index (χ2v) is 10.1. The van der Waals surface area contributed by atoms with Crippen LogP contribution < -0.4 is 0 Å². The molecule has 5 aliphatic rings. The van der Waals surface area contributed by atoms with E-state index < -0.39 is 0 Å². The fourth-order valence-corrected chi connectivity index (χ4v) is 8.44. The van der Waals surface area contributed by atoms with Crippen molar-refractivity contribution < 1.29 is 9.84 Å². The first-order valence-corrected chi connectivity index (χ1v) is 10.3. The van der Waals surface area contributed by atoms with Gasteiger partial charge in [0.15, 0.2) is 0 Å². The van der Waals surface area contributed by atoms with E-state index in [1.807, 2.05) is 0 Å². The molecule has 23 heavy (non-hydrogen) atoms. The van der Waals surface area contributed by atoms with Crippen molar-refractivity contribution in [3.63, 3.8) is 0 Å². The first-order chi connectivity index (χ1) is 10.9. The van der Waals surface area contributed by atoms with Crippen molar-refractivity contribution in [3.05, 3.63) is 0 Å². The van der Waals surface area contributed by atoms with E-state index in [2.05, 4.69) is 20.8 Å². The van der Waals surface area contributed by atoms with Crippen molar-refractivity contribution in [3.8, 4) is 0 Å². The van der Waals surface area contributed by atoms with Crippen LogP contribution in [0.1, 0.15) is 78.6 Å². The fraction of sp³-hybridized carbons (Fsp3) is 1.00. The molecule has 9 atom stereocenters. The zero-order chi connectivity index (χ0) is 16.0. The molecule has 0 aromatic rings. The number of hydrogen-bond donors (Lipinski definition) is 1. The Labute approximate surface area is 141 Å². The van der Waals surface area contributed by atoms with Crippen LogP contribution in [-0.2, 0) is 4.74 Å². The Balaban J connectivity index is 1.49. The minimum Gasteiger partial charge on any atom is -0.393 e. The highest BCUT2D eigenvalue weighted by Gasteiger charge is 2.75. The average molecular weight is 319 g/mol. The smallest absolute Gasteiger partial charge is 0.103 e. The maximum atomic E-state index is 10.2. The summed E-state index contributed by atoms with van der Waals surface area (Å²) < 4.78 is 6.41. The Bertz CT molecular complexity index is 518. The van der Waals surface area contributed by atoms with E-state index in [1.54, 1.807) is 0 Å². The number of epoxide rings is 1. The predicted octanol–water partition coefficient (Wildman–Crippen LogP) is 4.55. The molecule has 0 aromatic heterocycles. The van der Waals surface area contributed by atoms with Gasteiger partial charge in [-0.05, 0) is 74.0 Å². The molecule has 2 nitrogen and oxygen atoms in total. The SMILES string of the molecule is CC[C@H]1CC[C@H]2[C@@H]3C[C@@H]4O[C@@]45C[C@@H](O)CC[C@]5(C)[C@H]3CC[C@]12C. The summed E-state index contributed by atoms with van der Waals surface area (Å²) >= 11 is 0. The van der Waals surface area contributed by atoms with Gasteiger partial charge < -0.3 is 9.84 Å². The van der Waals surface area contributed by atoms with Crippen molar-refractivity contribution in [1.29, 1.82) is 0 Å². The predicted molar refractivity (Wildman–Crippen MR) is 91.0 cm³/mol. The van der Waals surface area contributed by atoms with Gasteiger partial charge in [0.05, 0.1) is 12.2 Å². The molecule has 2 heteroatoms. The van der Waals surface area contributed by atoms with Gasteiger partial charge in [0.1, 0.15) is 5.60 Å². The van der Waals surface area contributed by atoms with Gasteiger partial charge in [-0.2, -0.15) is 0 Å². The summed E-state index contributed by atoms with van der Waals surface area (Å²) in [6, 6.07) is 0. The van der Waals surface area contributed by atoms with Gasteiger partial charge in [-0.15, -0.1) is 0 Å². The molecule has 0 bridgehead atoms. The minimum atomic E-state index is -0.116. The van der Waals surface area contributed by atoms with E-state index in [9.17, 15) is 5.11 Å². The Hall–Kier alpha value is -0.0800. The van der Waals surface area contributed by atoms with Crippen molar-refractivity contribution in [2.24, 2.45) is 34.5 Å². The van der Waals surface area contributed by atoms with Crippen LogP contribution in [-0.4, -0.2) is 22.9 Å². The van der Waals surface area contributed by atoms with E-state index in [0.717, 1.165) is 36.5 Å². The molecule has 130 valence electrons. The maximum Gasteiger partial charge on any atom is 0.103 e. The summed E-state index contributed by atoms with van der Waals surface area (Å²) in [5, 5.41) is 10.2. The quantitative estimate of drug-likeness (QED) is 0.720. The summed E-state index contributed by atoms with van der Waals surface area (Å²) in [5.74, 6) is 3.65. The van der Waals surface area contributed by atoms with Crippen LogP contribution in [0.2, 0.25) is 0 Å². The monoisotopic (exact) mass is 318 g/mol. The lowest BCUT2D eigenvalue weighted by molar-refractivity contribution is -0.113. The Kier molecular flexibility index (Phi) is 3.01. The molecule has 0 unspecified atom stereocenters. The zero-order valence-corrected chi connectivity index (χ0v) is 15.2. The highest BCUT2D eigenvalue weighted by atomic mass is 16.6. The standard InChI is InChI=1S/C21H34O2/c1-4-13-5-6-16-15-11-18-21(23-18)12-14(22)7-10-20(21,3)17(15)8-9-19(13,16)2/h13-18,22H,4-12H2,1-3H3/t13-,14-,15-,16-,17-,18-,19+,20+,21-/m0/s1. The summed E-state index contributed by atoms with van der Waals surface area (Å²) in [5.41, 5.74) is 1.00. The van der Waals surface area contributed by atoms with Crippen molar-refractivity contribution >= 4 is 0 Å². The molecule has 5 fully saturated rings. The van der Waals surface area contributed by atoms with Gasteiger partial charge in [0.2, 0.25) is 0 Å². The molecular weight excluding hydrogens is 284 g/mol. The molecular formula is C21H34O2. The van der Waals surface area contributed by atoms with Gasteiger partial charge in [-0.25, -0.2) is 0 Å². The van der Waals surface area contributed by atoms with Crippen molar-refractivity contribution in [1.82, 2.24) is 0 Å². The van der Waals surface area contributed by atoms with Gasteiger partial charge in [-0.3, -0.25) is 0 Å². The number of rotatable bonds is 1. The van der Waals surface area contributed by atoms with Crippen LogP contribution in [0.15, 0.2) is 0 Å². The van der Waals surface area contributed by atoms with Gasteiger partial charge in [0, 0.05) is 11.8 Å². The molecule has 1 N–H and O–H groups in total. The van der Waals surface area contributed by atoms with E-state index in [4.69, 9.17) is 4.74 Å². The van der Waals surface area contributed by atoms with E-state index >= 15 is 0 Å². The molecule has 0 amide bonds. The number of fused-ring (bicyclic) bond motifs is 4. The lowest BCUT2D eigenvalue weighted by Gasteiger charge is -2.59. The van der Waals surface area contributed by atoms with Crippen molar-refractivity contribution in [2.45, 2.75) is 96.4 Å². The summed E-state index contributed by atoms with van der Waals surface area (Å²) in [4.78, 5) is 0. The van der Waals surface area contributed by atoms with Crippen LogP contribution in [0, 0.1) is 34.5 Å². The highest BCUT2D eigenvalue weighted by Crippen LogP contribution is 2.74. The Morgan fingerprint density at radius 1 is 1.04 bits per heavy atom. The molecule has 4 aliphatic carbocycles. The highest BCUT2D eigenvalue weighted by molar-refractivity contribution is 5.24. The molecule has 1 aliphatic heterocycles. The first-order valence-electron chi connectivity index (χ1n) is 10.3. The number of hydrogen-bond acceptors (Lipinski definition) is 2. The number of ether oxygens (including phenoxy) is 1. The summed E-state index contributed by atoms with van der Waals surface area (Å²) in [6.07, 6.45) is 11.9. The van der Waals surface area contributed by atoms with Crippen LogP contribution in [0.4, 0.5) is 0 Å². The zero-order valence-electron chi connectivity index (χ0n) is 15.2. The normalized spacial score (nSPS) is 63.7. The molecule has 0 aromatic carbocycles. The minimum absolute atomic E-state index is 0.0579. The van der Waals surface area contributed by atoms with Gasteiger partial charge in [0.25, 0.3) is 0 Å². The summed E-state index contributed by atoms with van der Waals surface area (Å²) in [7, 11) is 0. The molecule has 4 saturated carbocycles. The molecule has 5 rings (SSSR count). The van der Waals surface area contributed by atoms with Crippen LogP contribution in [0.3, 0.4) is 0 Å². The Morgan fingerprint density at radius 3 is 2.65 bits per heavy atom. The van der Waals surface area contributed by atoms with Crippen molar-refractivity contribution in [2.75, 3.05) is 0 Å². The van der Waals surface area contributed by atoms with E-state index in [0.29, 0.717) is 16.9 Å². The molecule has 1 saturated heterocycles. The third-order valence-electron chi connectivity index (χ3n) is 9.75. The molecule has 0 radical (unpaired) electrons. The lowest BCUT2D eigenvalue weighted by Crippen LogP contribution is -2.58. The maximum absolute atomic E-state index is 10.2. The van der Waals surface area contributed by atoms with Crippen LogP contribution >= 0.6 is 0 Å². The second kappa shape index (κ2) is 4.55. The number of aliphatic hydroxyl groups excluding tert-OH is 1. The van der Waals surface area contributed by atoms with Gasteiger partial charge in [-0.1, -0.05) is 27.2 Å². The molecule has 1 heterocycles. The van der Waals surface area contributed by atoms with Crippen LogP contribution in [0.25, 0.3) is 0 Å². The third kappa shape index (κ3) is 1.68. The average Bonchev–Trinajstić information content (AvgIpc) is 3.09. The largest absolute Gasteiger partial charge is 0.393 e. The second-order valence-electron chi connectivity index (χ2n) is 10.1. The summed E-state index contributed by atoms with van der Waals surface area (Å²) in [6.45, 7) is 7.56. The van der Waals surface area contributed by atoms with Crippen LogP contribution in [0.5, 0.6) is 0 Å². The first kappa shape index (κ1) is 15.2. The number of aliphatic hydroxyl groups is 1. The van der Waals surface area contributed by atoms with E-state index in [-0.39, 0.29) is 11.7 Å². The molecule has 1 spiro atoms. The fourth-order valence-electron chi connectivity index (χ4n) is 8.44. The Morgan fingerprint density at radius 2 is 1.87 bits per heavy atom. The van der Waals surface area contributed by atoms with E-state index in [1.165, 1.54) is 44.9 Å². The lowest BCUT2D eigenvalue weighted by atomic mass is 9.44. The topological polar surface area (TPSA) is 32.8 Å². The third-order valence-corrected chi connectivity index (χ3v) is 9.75.